The summed E-state index contributed by atoms with van der Waals surface area (Å²) in [7, 11) is 1.13. The van der Waals surface area contributed by atoms with E-state index in [1.807, 2.05) is 0 Å². The number of hydrogen-bond acceptors (Lipinski definition) is 1. The van der Waals surface area contributed by atoms with Crippen molar-refractivity contribution in [1.82, 2.24) is 0 Å². The van der Waals surface area contributed by atoms with E-state index in [0.29, 0.717) is 0 Å². The first-order valence-corrected chi connectivity index (χ1v) is 5.01. The van der Waals surface area contributed by atoms with Gasteiger partial charge < -0.3 is 0 Å². The van der Waals surface area contributed by atoms with Crippen molar-refractivity contribution in [2.45, 2.75) is 12.8 Å². The predicted octanol–water partition coefficient (Wildman–Crippen LogP) is 2.00. The first-order chi connectivity index (χ1) is 3.41. The highest BCUT2D eigenvalue weighted by atomic mass is 32.1. The van der Waals surface area contributed by atoms with Gasteiger partial charge in [-0.15, -0.1) is 8.58 Å². The number of thiol groups is 1. The maximum Gasteiger partial charge on any atom is -0.00978 e. The van der Waals surface area contributed by atoms with Crippen molar-refractivity contribution in [1.29, 1.82) is 0 Å². The Morgan fingerprint density at radius 2 is 2.14 bits per heavy atom. The van der Waals surface area contributed by atoms with Gasteiger partial charge in [-0.1, -0.05) is 0 Å². The number of hydrogen-bond donors (Lipinski definition) is 1. The third-order valence-corrected chi connectivity index (χ3v) is 2.00. The lowest BCUT2D eigenvalue weighted by molar-refractivity contribution is 0.908. The standard InChI is InChI=1S/C5H13PS/c1-6-4-2-3-5-7/h6-7H,2-5H2,1H3. The Labute approximate surface area is 53.3 Å². The predicted molar refractivity (Wildman–Crippen MR) is 42.2 cm³/mol. The van der Waals surface area contributed by atoms with Crippen LogP contribution in [0.1, 0.15) is 12.8 Å². The molecule has 0 fully saturated rings. The van der Waals surface area contributed by atoms with Crippen LogP contribution in [0.5, 0.6) is 0 Å². The average Bonchev–Trinajstić information content (AvgIpc) is 1.69. The van der Waals surface area contributed by atoms with Crippen LogP contribution in [0.3, 0.4) is 0 Å². The van der Waals surface area contributed by atoms with E-state index >= 15 is 0 Å². The van der Waals surface area contributed by atoms with Crippen molar-refractivity contribution in [2.75, 3.05) is 18.6 Å². The normalized spacial score (nSPS) is 11.1. The summed E-state index contributed by atoms with van der Waals surface area (Å²) in [5, 5.41) is 0. The smallest absolute Gasteiger partial charge is 0.00978 e. The van der Waals surface area contributed by atoms with Crippen molar-refractivity contribution in [3.05, 3.63) is 0 Å². The third-order valence-electron chi connectivity index (χ3n) is 0.835. The Balaban J connectivity index is 2.45. The zero-order valence-electron chi connectivity index (χ0n) is 4.78. The van der Waals surface area contributed by atoms with Gasteiger partial charge in [0.25, 0.3) is 0 Å². The Kier molecular flexibility index (Phi) is 7.54. The molecule has 0 radical (unpaired) electrons. The van der Waals surface area contributed by atoms with Crippen LogP contribution < -0.4 is 0 Å². The Morgan fingerprint density at radius 1 is 1.43 bits per heavy atom. The largest absolute Gasteiger partial charge is 0.179 e. The molecule has 0 heterocycles. The van der Waals surface area contributed by atoms with Crippen LogP contribution in [-0.2, 0) is 0 Å². The molecule has 2 heteroatoms. The summed E-state index contributed by atoms with van der Waals surface area (Å²) in [6.07, 6.45) is 4.07. The van der Waals surface area contributed by atoms with Gasteiger partial charge in [-0.2, -0.15) is 12.6 Å². The van der Waals surface area contributed by atoms with Gasteiger partial charge in [-0.3, -0.25) is 0 Å². The molecule has 0 aromatic rings. The van der Waals surface area contributed by atoms with Crippen LogP contribution in [0.2, 0.25) is 0 Å². The van der Waals surface area contributed by atoms with Gasteiger partial charge in [0.15, 0.2) is 0 Å². The van der Waals surface area contributed by atoms with Gasteiger partial charge in [0.1, 0.15) is 0 Å². The highest BCUT2D eigenvalue weighted by molar-refractivity contribution is 7.80. The van der Waals surface area contributed by atoms with Crippen molar-refractivity contribution < 1.29 is 0 Å². The second kappa shape index (κ2) is 6.78. The Morgan fingerprint density at radius 3 is 2.57 bits per heavy atom. The van der Waals surface area contributed by atoms with Gasteiger partial charge in [-0.05, 0) is 31.4 Å². The average molecular weight is 136 g/mol. The molecule has 0 aliphatic rings. The SMILES string of the molecule is CPCCCCS. The third kappa shape index (κ3) is 6.78. The maximum atomic E-state index is 4.10. The fourth-order valence-corrected chi connectivity index (χ4v) is 1.24. The quantitative estimate of drug-likeness (QED) is 0.341. The topological polar surface area (TPSA) is 0 Å². The molecule has 0 aromatic heterocycles. The van der Waals surface area contributed by atoms with E-state index in [9.17, 15) is 0 Å². The van der Waals surface area contributed by atoms with Crippen LogP contribution in [0.25, 0.3) is 0 Å². The molecule has 0 aromatic carbocycles. The molecule has 0 rings (SSSR count). The van der Waals surface area contributed by atoms with E-state index in [-0.39, 0.29) is 0 Å². The van der Waals surface area contributed by atoms with Crippen LogP contribution in [0.15, 0.2) is 0 Å². The minimum atomic E-state index is 1.06. The number of unbranched alkanes of at least 4 members (excludes halogenated alkanes) is 1. The fourth-order valence-electron chi connectivity index (χ4n) is 0.414. The molecule has 0 amide bonds. The van der Waals surface area contributed by atoms with Gasteiger partial charge in [0, 0.05) is 0 Å². The van der Waals surface area contributed by atoms with E-state index in [2.05, 4.69) is 19.3 Å². The molecule has 1 atom stereocenters. The van der Waals surface area contributed by atoms with Crippen LogP contribution in [0, 0.1) is 0 Å². The molecular weight excluding hydrogens is 123 g/mol. The highest BCUT2D eigenvalue weighted by Crippen LogP contribution is 2.05. The van der Waals surface area contributed by atoms with Crippen molar-refractivity contribution in [3.63, 3.8) is 0 Å². The minimum Gasteiger partial charge on any atom is -0.179 e. The summed E-state index contributed by atoms with van der Waals surface area (Å²) >= 11 is 4.10. The van der Waals surface area contributed by atoms with Crippen LogP contribution in [0.4, 0.5) is 0 Å². The van der Waals surface area contributed by atoms with Crippen LogP contribution >= 0.6 is 21.2 Å². The summed E-state index contributed by atoms with van der Waals surface area (Å²) in [6.45, 7) is 2.25. The lowest BCUT2D eigenvalue weighted by Crippen LogP contribution is -1.76. The summed E-state index contributed by atoms with van der Waals surface area (Å²) in [6, 6.07) is 0. The molecule has 44 valence electrons. The first kappa shape index (κ1) is 7.78. The fraction of sp³-hybridized carbons (Fsp3) is 1.00. The summed E-state index contributed by atoms with van der Waals surface area (Å²) in [5.74, 6) is 1.06. The van der Waals surface area contributed by atoms with Crippen molar-refractivity contribution in [2.24, 2.45) is 0 Å². The number of rotatable bonds is 4. The van der Waals surface area contributed by atoms with Gasteiger partial charge in [0.2, 0.25) is 0 Å². The summed E-state index contributed by atoms with van der Waals surface area (Å²) < 4.78 is 0. The van der Waals surface area contributed by atoms with E-state index in [0.717, 1.165) is 14.3 Å². The molecule has 0 spiro atoms. The molecular formula is C5H13PS. The Bertz CT molecular complexity index is 27.3. The zero-order valence-corrected chi connectivity index (χ0v) is 6.67. The molecule has 0 bridgehead atoms. The molecule has 0 saturated heterocycles. The molecule has 0 aliphatic carbocycles. The molecule has 0 saturated carbocycles. The molecule has 0 N–H and O–H groups in total. The molecule has 0 aliphatic heterocycles. The summed E-state index contributed by atoms with van der Waals surface area (Å²) in [5.41, 5.74) is 0. The monoisotopic (exact) mass is 136 g/mol. The van der Waals surface area contributed by atoms with E-state index in [1.165, 1.54) is 19.0 Å². The molecule has 1 unspecified atom stereocenters. The second-order valence-electron chi connectivity index (χ2n) is 1.53. The summed E-state index contributed by atoms with van der Waals surface area (Å²) in [4.78, 5) is 0. The van der Waals surface area contributed by atoms with Gasteiger partial charge in [0.05, 0.1) is 0 Å². The van der Waals surface area contributed by atoms with E-state index < -0.39 is 0 Å². The van der Waals surface area contributed by atoms with E-state index in [1.54, 1.807) is 0 Å². The molecule has 0 nitrogen and oxygen atoms in total. The van der Waals surface area contributed by atoms with Crippen molar-refractivity contribution in [3.8, 4) is 0 Å². The molecule has 7 heavy (non-hydrogen) atoms. The van der Waals surface area contributed by atoms with Gasteiger partial charge in [-0.25, -0.2) is 0 Å². The van der Waals surface area contributed by atoms with E-state index in [4.69, 9.17) is 0 Å². The Hall–Kier alpha value is 0.780. The first-order valence-electron chi connectivity index (χ1n) is 2.67. The lowest BCUT2D eigenvalue weighted by atomic mass is 10.4. The maximum absolute atomic E-state index is 4.10. The zero-order chi connectivity index (χ0) is 5.54. The van der Waals surface area contributed by atoms with Crippen LogP contribution in [-0.4, -0.2) is 18.6 Å². The van der Waals surface area contributed by atoms with Gasteiger partial charge >= 0.3 is 0 Å². The van der Waals surface area contributed by atoms with Crippen molar-refractivity contribution >= 4 is 21.2 Å². The minimum absolute atomic E-state index is 1.06. The lowest BCUT2D eigenvalue weighted by Gasteiger charge is -1.90. The highest BCUT2D eigenvalue weighted by Gasteiger charge is 1.80. The second-order valence-corrected chi connectivity index (χ2v) is 3.19.